The number of hydrogen-bond donors (Lipinski definition) is 1. The van der Waals surface area contributed by atoms with Gasteiger partial charge < -0.3 is 5.73 Å². The first-order valence-corrected chi connectivity index (χ1v) is 4.69. The van der Waals surface area contributed by atoms with Crippen LogP contribution in [0.25, 0.3) is 0 Å². The fourth-order valence-corrected chi connectivity index (χ4v) is 1.45. The third kappa shape index (κ3) is 1.77. The largest absolute Gasteiger partial charge is 0.366 e. The van der Waals surface area contributed by atoms with Gasteiger partial charge in [0.2, 0.25) is 5.95 Å². The fourth-order valence-electron chi connectivity index (χ4n) is 0.861. The lowest BCUT2D eigenvalue weighted by Gasteiger charge is -2.15. The summed E-state index contributed by atoms with van der Waals surface area (Å²) >= 11 is 3.30. The van der Waals surface area contributed by atoms with Crippen molar-refractivity contribution in [2.75, 3.05) is 5.73 Å². The minimum atomic E-state index is 0.309. The third-order valence-electron chi connectivity index (χ3n) is 1.96. The number of anilines is 1. The van der Waals surface area contributed by atoms with Crippen LogP contribution in [0.3, 0.4) is 0 Å². The smallest absolute Gasteiger partial charge is 0.240 e. The Morgan fingerprint density at radius 2 is 2.00 bits per heavy atom. The molecule has 0 radical (unpaired) electrons. The Balaban J connectivity index is 2.94. The molecular formula is C7H13BrN4. The molecule has 0 aliphatic heterocycles. The summed E-state index contributed by atoms with van der Waals surface area (Å²) in [4.78, 5) is 3.96. The highest BCUT2D eigenvalue weighted by Gasteiger charge is 2.14. The lowest BCUT2D eigenvalue weighted by atomic mass is 10.1. The van der Waals surface area contributed by atoms with Crippen LogP contribution in [0.15, 0.2) is 4.73 Å². The van der Waals surface area contributed by atoms with E-state index in [1.54, 1.807) is 4.68 Å². The van der Waals surface area contributed by atoms with Gasteiger partial charge in [0.25, 0.3) is 0 Å². The first-order chi connectivity index (χ1) is 5.52. The van der Waals surface area contributed by atoms with Gasteiger partial charge in [0.05, 0.1) is 6.04 Å². The van der Waals surface area contributed by atoms with Crippen LogP contribution in [0.1, 0.15) is 26.8 Å². The Kier molecular flexibility index (Phi) is 2.72. The molecule has 4 nitrogen and oxygen atoms in total. The third-order valence-corrected chi connectivity index (χ3v) is 2.50. The van der Waals surface area contributed by atoms with E-state index < -0.39 is 0 Å². The highest BCUT2D eigenvalue weighted by Crippen LogP contribution is 2.20. The molecule has 0 fully saturated rings. The molecule has 1 rings (SSSR count). The fraction of sp³-hybridized carbons (Fsp3) is 0.714. The Morgan fingerprint density at radius 3 is 2.33 bits per heavy atom. The first kappa shape index (κ1) is 9.51. The lowest BCUT2D eigenvalue weighted by Crippen LogP contribution is -2.13. The van der Waals surface area contributed by atoms with Crippen molar-refractivity contribution >= 4 is 21.9 Å². The highest BCUT2D eigenvalue weighted by atomic mass is 79.9. The van der Waals surface area contributed by atoms with Crippen molar-refractivity contribution in [1.29, 1.82) is 0 Å². The van der Waals surface area contributed by atoms with Crippen molar-refractivity contribution in [2.45, 2.75) is 26.8 Å². The van der Waals surface area contributed by atoms with Crippen LogP contribution in [0.4, 0.5) is 5.95 Å². The predicted octanol–water partition coefficient (Wildman–Crippen LogP) is 1.84. The van der Waals surface area contributed by atoms with Crippen LogP contribution in [-0.4, -0.2) is 14.8 Å². The molecule has 68 valence electrons. The van der Waals surface area contributed by atoms with Crippen LogP contribution in [-0.2, 0) is 0 Å². The average molecular weight is 233 g/mol. The number of aromatic nitrogens is 3. The second kappa shape index (κ2) is 3.43. The molecule has 12 heavy (non-hydrogen) atoms. The molecule has 0 saturated heterocycles. The van der Waals surface area contributed by atoms with Gasteiger partial charge in [0.1, 0.15) is 0 Å². The summed E-state index contributed by atoms with van der Waals surface area (Å²) in [5.74, 6) is 0.830. The minimum Gasteiger partial charge on any atom is -0.366 e. The zero-order valence-electron chi connectivity index (χ0n) is 7.45. The van der Waals surface area contributed by atoms with Crippen LogP contribution >= 0.6 is 15.9 Å². The first-order valence-electron chi connectivity index (χ1n) is 3.90. The zero-order chi connectivity index (χ0) is 9.30. The molecule has 0 amide bonds. The number of rotatable bonds is 2. The maximum absolute atomic E-state index is 5.44. The summed E-state index contributed by atoms with van der Waals surface area (Å²) in [5, 5.41) is 4.07. The molecule has 0 bridgehead atoms. The molecule has 2 N–H and O–H groups in total. The van der Waals surface area contributed by atoms with Crippen LogP contribution < -0.4 is 5.73 Å². The Labute approximate surface area is 80.3 Å². The van der Waals surface area contributed by atoms with Crippen molar-refractivity contribution in [3.05, 3.63) is 4.73 Å². The molecule has 0 aliphatic rings. The van der Waals surface area contributed by atoms with Gasteiger partial charge in [0, 0.05) is 0 Å². The quantitative estimate of drug-likeness (QED) is 0.847. The molecule has 5 heteroatoms. The molecule has 1 unspecified atom stereocenters. The number of halogens is 1. The maximum Gasteiger partial charge on any atom is 0.240 e. The molecule has 1 aromatic heterocycles. The molecule has 0 saturated carbocycles. The van der Waals surface area contributed by atoms with E-state index in [0.717, 1.165) is 0 Å². The number of hydrogen-bond acceptors (Lipinski definition) is 3. The van der Waals surface area contributed by atoms with E-state index in [9.17, 15) is 0 Å². The second-order valence-electron chi connectivity index (χ2n) is 3.17. The molecule has 1 atom stereocenters. The van der Waals surface area contributed by atoms with Crippen molar-refractivity contribution in [2.24, 2.45) is 5.92 Å². The van der Waals surface area contributed by atoms with Crippen molar-refractivity contribution in [1.82, 2.24) is 14.8 Å². The Bertz CT molecular complexity index is 268. The van der Waals surface area contributed by atoms with Crippen LogP contribution in [0.2, 0.25) is 0 Å². The van der Waals surface area contributed by atoms with Gasteiger partial charge in [-0.3, -0.25) is 0 Å². The zero-order valence-corrected chi connectivity index (χ0v) is 9.04. The van der Waals surface area contributed by atoms with Crippen LogP contribution in [0.5, 0.6) is 0 Å². The number of nitrogen functional groups attached to an aromatic ring is 1. The van der Waals surface area contributed by atoms with E-state index in [-0.39, 0.29) is 0 Å². The van der Waals surface area contributed by atoms with E-state index in [4.69, 9.17) is 5.73 Å². The topological polar surface area (TPSA) is 56.7 Å². The predicted molar refractivity (Wildman–Crippen MR) is 51.7 cm³/mol. The van der Waals surface area contributed by atoms with Crippen molar-refractivity contribution in [3.63, 3.8) is 0 Å². The van der Waals surface area contributed by atoms with E-state index in [2.05, 4.69) is 46.8 Å². The maximum atomic E-state index is 5.44. The number of nitrogens with two attached hydrogens (primary N) is 1. The van der Waals surface area contributed by atoms with E-state index in [0.29, 0.717) is 22.6 Å². The van der Waals surface area contributed by atoms with E-state index in [1.807, 2.05) is 0 Å². The van der Waals surface area contributed by atoms with Crippen molar-refractivity contribution in [3.8, 4) is 0 Å². The monoisotopic (exact) mass is 232 g/mol. The summed E-state index contributed by atoms with van der Waals surface area (Å²) in [7, 11) is 0. The second-order valence-corrected chi connectivity index (χ2v) is 3.88. The molecule has 0 aliphatic carbocycles. The lowest BCUT2D eigenvalue weighted by molar-refractivity contribution is 0.369. The van der Waals surface area contributed by atoms with Gasteiger partial charge in [-0.05, 0) is 28.8 Å². The minimum absolute atomic E-state index is 0.309. The van der Waals surface area contributed by atoms with Gasteiger partial charge in [-0.1, -0.05) is 13.8 Å². The number of nitrogens with zero attached hydrogens (tertiary/aromatic N) is 3. The normalized spacial score (nSPS) is 13.8. The Hall–Kier alpha value is -0.580. The molecule has 1 aromatic rings. The van der Waals surface area contributed by atoms with E-state index in [1.165, 1.54) is 0 Å². The van der Waals surface area contributed by atoms with Gasteiger partial charge in [0.15, 0.2) is 4.73 Å². The average Bonchev–Trinajstić information content (AvgIpc) is 2.28. The summed E-state index contributed by atoms with van der Waals surface area (Å²) in [6, 6.07) is 0.309. The summed E-state index contributed by atoms with van der Waals surface area (Å²) in [6.07, 6.45) is 0. The standard InChI is InChI=1S/C7H13BrN4/c1-4(2)5(3)12-6(8)10-7(9)11-12/h4-5H,1-3H3,(H2,9,11). The van der Waals surface area contributed by atoms with E-state index >= 15 is 0 Å². The molecule has 0 aromatic carbocycles. The van der Waals surface area contributed by atoms with Gasteiger partial charge in [-0.15, -0.1) is 5.10 Å². The molecular weight excluding hydrogens is 220 g/mol. The van der Waals surface area contributed by atoms with Crippen LogP contribution in [0, 0.1) is 5.92 Å². The Morgan fingerprint density at radius 1 is 1.42 bits per heavy atom. The summed E-state index contributed by atoms with van der Waals surface area (Å²) in [6.45, 7) is 6.35. The van der Waals surface area contributed by atoms with Gasteiger partial charge in [-0.25, -0.2) is 4.68 Å². The summed E-state index contributed by atoms with van der Waals surface area (Å²) in [5.41, 5.74) is 5.44. The molecule has 0 spiro atoms. The van der Waals surface area contributed by atoms with Gasteiger partial charge in [-0.2, -0.15) is 4.98 Å². The van der Waals surface area contributed by atoms with Crippen molar-refractivity contribution < 1.29 is 0 Å². The van der Waals surface area contributed by atoms with Gasteiger partial charge >= 0.3 is 0 Å². The highest BCUT2D eigenvalue weighted by molar-refractivity contribution is 9.10. The summed E-state index contributed by atoms with van der Waals surface area (Å²) < 4.78 is 2.49. The SMILES string of the molecule is CC(C)C(C)n1nc(N)nc1Br. The molecule has 1 heterocycles.